The van der Waals surface area contributed by atoms with Gasteiger partial charge < -0.3 is 10.4 Å². The van der Waals surface area contributed by atoms with Gasteiger partial charge in [-0.2, -0.15) is 0 Å². The molecule has 0 atom stereocenters. The number of para-hydroxylation sites is 1. The summed E-state index contributed by atoms with van der Waals surface area (Å²) >= 11 is 0. The van der Waals surface area contributed by atoms with E-state index < -0.39 is 0 Å². The molecule has 19 heavy (non-hydrogen) atoms. The molecule has 0 aromatic heterocycles. The van der Waals surface area contributed by atoms with Crippen molar-refractivity contribution in [1.29, 1.82) is 0 Å². The van der Waals surface area contributed by atoms with E-state index in [9.17, 15) is 5.11 Å². The summed E-state index contributed by atoms with van der Waals surface area (Å²) in [6.45, 7) is 2.07. The van der Waals surface area contributed by atoms with E-state index in [0.717, 1.165) is 24.9 Å². The third-order valence-corrected chi connectivity index (χ3v) is 4.01. The van der Waals surface area contributed by atoms with Crippen LogP contribution >= 0.6 is 0 Å². The topological polar surface area (TPSA) is 32.3 Å². The second-order valence-electron chi connectivity index (χ2n) is 5.55. The molecular weight excluding hydrogens is 234 g/mol. The summed E-state index contributed by atoms with van der Waals surface area (Å²) < 4.78 is 0. The van der Waals surface area contributed by atoms with Gasteiger partial charge in [-0.3, -0.25) is 0 Å². The average Bonchev–Trinajstić information content (AvgIpc) is 3.30. The van der Waals surface area contributed by atoms with Gasteiger partial charge in [-0.1, -0.05) is 25.1 Å². The highest BCUT2D eigenvalue weighted by molar-refractivity contribution is 5.55. The summed E-state index contributed by atoms with van der Waals surface area (Å²) in [5.41, 5.74) is 3.77. The molecule has 0 amide bonds. The Balaban J connectivity index is 1.88. The zero-order chi connectivity index (χ0) is 13.3. The Bertz CT molecular complexity index is 517. The smallest absolute Gasteiger partial charge is 0.100 e. The van der Waals surface area contributed by atoms with Gasteiger partial charge in [-0.15, -0.1) is 0 Å². The van der Waals surface area contributed by atoms with Crippen molar-refractivity contribution in [1.82, 2.24) is 0 Å². The lowest BCUT2D eigenvalue weighted by molar-refractivity contribution is 0.337. The van der Waals surface area contributed by atoms with Crippen LogP contribution < -0.4 is 5.32 Å². The Labute approximate surface area is 114 Å². The zero-order valence-corrected chi connectivity index (χ0v) is 11.4. The van der Waals surface area contributed by atoms with Crippen molar-refractivity contribution in [3.63, 3.8) is 0 Å². The summed E-state index contributed by atoms with van der Waals surface area (Å²) in [4.78, 5) is 0. The highest BCUT2D eigenvalue weighted by Gasteiger charge is 2.52. The number of rotatable bonds is 5. The number of allylic oxidation sites excluding steroid dienone is 2. The number of aliphatic hydroxyl groups excluding tert-OH is 1. The van der Waals surface area contributed by atoms with Crippen LogP contribution in [0.2, 0.25) is 0 Å². The first-order valence-corrected chi connectivity index (χ1v) is 7.20. The normalized spacial score (nSPS) is 20.1. The van der Waals surface area contributed by atoms with Crippen molar-refractivity contribution in [2.45, 2.75) is 39.0 Å². The highest BCUT2D eigenvalue weighted by atomic mass is 16.3. The summed E-state index contributed by atoms with van der Waals surface area (Å²) in [5, 5.41) is 13.9. The molecule has 2 heteroatoms. The number of aliphatic hydroxyl groups is 1. The van der Waals surface area contributed by atoms with Gasteiger partial charge in [0.05, 0.1) is 5.41 Å². The van der Waals surface area contributed by atoms with E-state index in [1.165, 1.54) is 24.1 Å². The SMILES string of the molecule is CC/C=C(\O)C1(C(Nc2ccccc2)=C2CC2)CC1. The van der Waals surface area contributed by atoms with Crippen LogP contribution in [0, 0.1) is 5.41 Å². The Hall–Kier alpha value is -1.70. The molecule has 0 radical (unpaired) electrons. The van der Waals surface area contributed by atoms with Crippen LogP contribution in [0.3, 0.4) is 0 Å². The monoisotopic (exact) mass is 255 g/mol. The minimum atomic E-state index is -0.0995. The average molecular weight is 255 g/mol. The predicted molar refractivity (Wildman–Crippen MR) is 79.0 cm³/mol. The first-order chi connectivity index (χ1) is 9.26. The fourth-order valence-electron chi connectivity index (χ4n) is 2.67. The number of benzene rings is 1. The first-order valence-electron chi connectivity index (χ1n) is 7.20. The molecule has 0 spiro atoms. The van der Waals surface area contributed by atoms with Crippen LogP contribution in [0.1, 0.15) is 39.0 Å². The van der Waals surface area contributed by atoms with Gasteiger partial charge in [0, 0.05) is 11.4 Å². The van der Waals surface area contributed by atoms with E-state index in [0.29, 0.717) is 5.76 Å². The van der Waals surface area contributed by atoms with Crippen molar-refractivity contribution < 1.29 is 5.11 Å². The standard InChI is InChI=1S/C17H21NO/c1-2-6-15(19)17(11-12-17)16(13-9-10-13)18-14-7-4-3-5-8-14/h3-8,18-19H,2,9-12H2,1H3/b15-6-. The molecule has 2 fully saturated rings. The van der Waals surface area contributed by atoms with Gasteiger partial charge in [-0.05, 0) is 55.9 Å². The maximum Gasteiger partial charge on any atom is 0.100 e. The fourth-order valence-corrected chi connectivity index (χ4v) is 2.67. The number of nitrogens with one attached hydrogen (secondary N) is 1. The molecular formula is C17H21NO. The fraction of sp³-hybridized carbons (Fsp3) is 0.412. The van der Waals surface area contributed by atoms with Gasteiger partial charge >= 0.3 is 0 Å². The summed E-state index contributed by atoms with van der Waals surface area (Å²) in [6.07, 6.45) is 7.33. The van der Waals surface area contributed by atoms with Crippen LogP contribution in [-0.4, -0.2) is 5.11 Å². The molecule has 2 aliphatic rings. The largest absolute Gasteiger partial charge is 0.512 e. The molecule has 0 saturated heterocycles. The van der Waals surface area contributed by atoms with Crippen LogP contribution in [0.5, 0.6) is 0 Å². The Morgan fingerprint density at radius 1 is 1.26 bits per heavy atom. The van der Waals surface area contributed by atoms with Crippen LogP contribution in [0.4, 0.5) is 5.69 Å². The van der Waals surface area contributed by atoms with Gasteiger partial charge in [0.1, 0.15) is 5.76 Å². The Kier molecular flexibility index (Phi) is 3.09. The molecule has 2 saturated carbocycles. The van der Waals surface area contributed by atoms with Gasteiger partial charge in [0.2, 0.25) is 0 Å². The predicted octanol–water partition coefficient (Wildman–Crippen LogP) is 4.78. The minimum Gasteiger partial charge on any atom is -0.512 e. The van der Waals surface area contributed by atoms with Gasteiger partial charge in [-0.25, -0.2) is 0 Å². The van der Waals surface area contributed by atoms with Crippen LogP contribution in [0.15, 0.2) is 53.4 Å². The molecule has 1 aromatic carbocycles. The first kappa shape index (κ1) is 12.3. The Morgan fingerprint density at radius 3 is 2.47 bits per heavy atom. The second kappa shape index (κ2) is 4.76. The van der Waals surface area contributed by atoms with E-state index in [1.807, 2.05) is 24.3 Å². The molecule has 100 valence electrons. The van der Waals surface area contributed by atoms with Crippen molar-refractivity contribution >= 4 is 5.69 Å². The summed E-state index contributed by atoms with van der Waals surface area (Å²) in [5.74, 6) is 0.563. The molecule has 0 bridgehead atoms. The van der Waals surface area contributed by atoms with Crippen molar-refractivity contribution in [3.8, 4) is 0 Å². The molecule has 2 nitrogen and oxygen atoms in total. The van der Waals surface area contributed by atoms with Crippen LogP contribution in [-0.2, 0) is 0 Å². The Morgan fingerprint density at radius 2 is 1.95 bits per heavy atom. The maximum atomic E-state index is 10.4. The quantitative estimate of drug-likeness (QED) is 0.742. The zero-order valence-electron chi connectivity index (χ0n) is 11.4. The number of anilines is 1. The van der Waals surface area contributed by atoms with E-state index in [1.54, 1.807) is 0 Å². The lowest BCUT2D eigenvalue weighted by atomic mass is 9.97. The van der Waals surface area contributed by atoms with Crippen molar-refractivity contribution in [3.05, 3.63) is 53.4 Å². The molecule has 0 heterocycles. The molecule has 2 N–H and O–H groups in total. The third-order valence-electron chi connectivity index (χ3n) is 4.01. The molecule has 3 rings (SSSR count). The molecule has 1 aromatic rings. The van der Waals surface area contributed by atoms with Crippen molar-refractivity contribution in [2.75, 3.05) is 5.32 Å². The molecule has 2 aliphatic carbocycles. The molecule has 0 unspecified atom stereocenters. The lowest BCUT2D eigenvalue weighted by Crippen LogP contribution is -2.16. The van der Waals surface area contributed by atoms with E-state index in [4.69, 9.17) is 0 Å². The van der Waals surface area contributed by atoms with E-state index >= 15 is 0 Å². The highest BCUT2D eigenvalue weighted by Crippen LogP contribution is 2.59. The summed E-state index contributed by atoms with van der Waals surface area (Å²) in [7, 11) is 0. The molecule has 0 aliphatic heterocycles. The minimum absolute atomic E-state index is 0.0995. The van der Waals surface area contributed by atoms with Gasteiger partial charge in [0.15, 0.2) is 0 Å². The lowest BCUT2D eigenvalue weighted by Gasteiger charge is -2.21. The second-order valence-corrected chi connectivity index (χ2v) is 5.55. The number of hydrogen-bond donors (Lipinski definition) is 2. The third kappa shape index (κ3) is 2.40. The maximum absolute atomic E-state index is 10.4. The van der Waals surface area contributed by atoms with Crippen LogP contribution in [0.25, 0.3) is 0 Å². The summed E-state index contributed by atoms with van der Waals surface area (Å²) in [6, 6.07) is 10.3. The van der Waals surface area contributed by atoms with E-state index in [-0.39, 0.29) is 5.41 Å². The van der Waals surface area contributed by atoms with E-state index in [2.05, 4.69) is 24.4 Å². The van der Waals surface area contributed by atoms with Crippen molar-refractivity contribution in [2.24, 2.45) is 5.41 Å². The van der Waals surface area contributed by atoms with Gasteiger partial charge in [0.25, 0.3) is 0 Å². The number of hydrogen-bond acceptors (Lipinski definition) is 2.